The molecule has 0 amide bonds. The van der Waals surface area contributed by atoms with Crippen molar-refractivity contribution < 1.29 is 4.79 Å². The van der Waals surface area contributed by atoms with Crippen molar-refractivity contribution in [1.82, 2.24) is 4.57 Å². The molecule has 0 unspecified atom stereocenters. The highest BCUT2D eigenvalue weighted by molar-refractivity contribution is 5.99. The van der Waals surface area contributed by atoms with Gasteiger partial charge in [0, 0.05) is 29.6 Å². The molecule has 0 radical (unpaired) electrons. The molecule has 0 aliphatic rings. The van der Waals surface area contributed by atoms with Crippen molar-refractivity contribution in [3.63, 3.8) is 0 Å². The third-order valence-corrected chi connectivity index (χ3v) is 3.71. The lowest BCUT2D eigenvalue weighted by molar-refractivity contribution is 0.101. The molecule has 20 heavy (non-hydrogen) atoms. The number of benzene rings is 2. The second-order valence-corrected chi connectivity index (χ2v) is 4.98. The molecule has 3 rings (SSSR count). The van der Waals surface area contributed by atoms with Gasteiger partial charge in [-0.2, -0.15) is 0 Å². The first-order chi connectivity index (χ1) is 9.70. The van der Waals surface area contributed by atoms with Gasteiger partial charge >= 0.3 is 0 Å². The number of carbonyl (C=O) groups excluding carboxylic acids is 1. The van der Waals surface area contributed by atoms with Crippen molar-refractivity contribution in [3.8, 4) is 11.3 Å². The van der Waals surface area contributed by atoms with Gasteiger partial charge in [-0.15, -0.1) is 0 Å². The first-order valence-corrected chi connectivity index (χ1v) is 6.90. The first-order valence-electron chi connectivity index (χ1n) is 6.90. The highest BCUT2D eigenvalue weighted by atomic mass is 16.1. The second-order valence-electron chi connectivity index (χ2n) is 4.98. The summed E-state index contributed by atoms with van der Waals surface area (Å²) in [7, 11) is 0. The quantitative estimate of drug-likeness (QED) is 0.636. The van der Waals surface area contributed by atoms with Crippen molar-refractivity contribution in [2.75, 3.05) is 0 Å². The van der Waals surface area contributed by atoms with Crippen LogP contribution < -0.4 is 0 Å². The summed E-state index contributed by atoms with van der Waals surface area (Å²) < 4.78 is 2.14. The molecule has 0 aliphatic carbocycles. The molecular formula is C18H17NO. The van der Waals surface area contributed by atoms with Crippen molar-refractivity contribution in [2.24, 2.45) is 0 Å². The fourth-order valence-corrected chi connectivity index (χ4v) is 2.64. The van der Waals surface area contributed by atoms with E-state index >= 15 is 0 Å². The van der Waals surface area contributed by atoms with E-state index in [9.17, 15) is 4.79 Å². The molecule has 100 valence electrons. The minimum Gasteiger partial charge on any atom is -0.347 e. The smallest absolute Gasteiger partial charge is 0.161 e. The lowest BCUT2D eigenvalue weighted by atomic mass is 10.0. The van der Waals surface area contributed by atoms with Gasteiger partial charge in [0.2, 0.25) is 0 Å². The molecule has 0 saturated carbocycles. The van der Waals surface area contributed by atoms with E-state index in [-0.39, 0.29) is 5.78 Å². The van der Waals surface area contributed by atoms with Crippen LogP contribution in [0.2, 0.25) is 0 Å². The van der Waals surface area contributed by atoms with Crippen molar-refractivity contribution in [3.05, 3.63) is 60.3 Å². The largest absolute Gasteiger partial charge is 0.347 e. The van der Waals surface area contributed by atoms with Crippen molar-refractivity contribution in [2.45, 2.75) is 20.4 Å². The Morgan fingerprint density at radius 1 is 1.10 bits per heavy atom. The standard InChI is InChI=1S/C18H17NO/c1-3-19-12-15(13(2)20)11-18(19)17-10-6-8-14-7-4-5-9-16(14)17/h4-12H,3H2,1-2H3. The lowest BCUT2D eigenvalue weighted by Gasteiger charge is -2.09. The Morgan fingerprint density at radius 2 is 1.85 bits per heavy atom. The molecule has 0 aliphatic heterocycles. The summed E-state index contributed by atoms with van der Waals surface area (Å²) in [6, 6.07) is 16.6. The first kappa shape index (κ1) is 12.7. The maximum Gasteiger partial charge on any atom is 0.161 e. The van der Waals surface area contributed by atoms with E-state index in [0.717, 1.165) is 17.8 Å². The number of aryl methyl sites for hydroxylation is 1. The molecule has 3 aromatic rings. The average molecular weight is 263 g/mol. The lowest BCUT2D eigenvalue weighted by Crippen LogP contribution is -1.95. The Hall–Kier alpha value is -2.35. The Kier molecular flexibility index (Phi) is 3.15. The van der Waals surface area contributed by atoms with E-state index in [4.69, 9.17) is 0 Å². The van der Waals surface area contributed by atoms with E-state index in [1.807, 2.05) is 18.3 Å². The van der Waals surface area contributed by atoms with Crippen LogP contribution in [-0.2, 0) is 6.54 Å². The molecule has 2 aromatic carbocycles. The topological polar surface area (TPSA) is 22.0 Å². The molecule has 0 spiro atoms. The predicted octanol–water partition coefficient (Wildman–Crippen LogP) is 4.53. The van der Waals surface area contributed by atoms with Crippen LogP contribution in [0.1, 0.15) is 24.2 Å². The fraction of sp³-hybridized carbons (Fsp3) is 0.167. The van der Waals surface area contributed by atoms with Crippen LogP contribution in [0.5, 0.6) is 0 Å². The number of ketones is 1. The van der Waals surface area contributed by atoms with Crippen LogP contribution in [0.4, 0.5) is 0 Å². The number of nitrogens with zero attached hydrogens (tertiary/aromatic N) is 1. The summed E-state index contributed by atoms with van der Waals surface area (Å²) in [5.41, 5.74) is 3.06. The summed E-state index contributed by atoms with van der Waals surface area (Å²) in [6.07, 6.45) is 1.94. The third-order valence-electron chi connectivity index (χ3n) is 3.71. The predicted molar refractivity (Wildman–Crippen MR) is 83.1 cm³/mol. The highest BCUT2D eigenvalue weighted by Gasteiger charge is 2.12. The number of fused-ring (bicyclic) bond motifs is 1. The summed E-state index contributed by atoms with van der Waals surface area (Å²) in [6.45, 7) is 4.56. The summed E-state index contributed by atoms with van der Waals surface area (Å²) in [5, 5.41) is 2.44. The monoisotopic (exact) mass is 263 g/mol. The number of carbonyl (C=O) groups is 1. The SMILES string of the molecule is CCn1cc(C(C)=O)cc1-c1cccc2ccccc12. The highest BCUT2D eigenvalue weighted by Crippen LogP contribution is 2.30. The van der Waals surface area contributed by atoms with Gasteiger partial charge in [0.1, 0.15) is 0 Å². The van der Waals surface area contributed by atoms with Gasteiger partial charge in [0.25, 0.3) is 0 Å². The Bertz CT molecular complexity index is 778. The molecule has 2 heteroatoms. The Morgan fingerprint density at radius 3 is 2.60 bits per heavy atom. The minimum atomic E-state index is 0.110. The van der Waals surface area contributed by atoms with E-state index in [0.29, 0.717) is 0 Å². The molecule has 1 heterocycles. The van der Waals surface area contributed by atoms with E-state index in [2.05, 4.69) is 47.9 Å². The second kappa shape index (κ2) is 4.97. The number of aromatic nitrogens is 1. The molecule has 0 saturated heterocycles. The molecule has 0 atom stereocenters. The Labute approximate surface area is 118 Å². The molecule has 1 aromatic heterocycles. The van der Waals surface area contributed by atoms with Gasteiger partial charge in [-0.1, -0.05) is 42.5 Å². The molecule has 0 fully saturated rings. The summed E-state index contributed by atoms with van der Waals surface area (Å²) in [5.74, 6) is 0.110. The van der Waals surface area contributed by atoms with E-state index in [1.54, 1.807) is 6.92 Å². The maximum absolute atomic E-state index is 11.6. The van der Waals surface area contributed by atoms with Crippen LogP contribution in [-0.4, -0.2) is 10.4 Å². The normalized spacial score (nSPS) is 10.9. The number of rotatable bonds is 3. The fourth-order valence-electron chi connectivity index (χ4n) is 2.64. The molecule has 0 N–H and O–H groups in total. The zero-order valence-corrected chi connectivity index (χ0v) is 11.8. The van der Waals surface area contributed by atoms with Gasteiger partial charge in [0.15, 0.2) is 5.78 Å². The van der Waals surface area contributed by atoms with Crippen LogP contribution in [0.3, 0.4) is 0 Å². The van der Waals surface area contributed by atoms with E-state index < -0.39 is 0 Å². The van der Waals surface area contributed by atoms with Crippen LogP contribution in [0.25, 0.3) is 22.0 Å². The van der Waals surface area contributed by atoms with Crippen LogP contribution >= 0.6 is 0 Å². The number of Topliss-reactive ketones (excluding diaryl/α,β-unsaturated/α-hetero) is 1. The summed E-state index contributed by atoms with van der Waals surface area (Å²) >= 11 is 0. The molecular weight excluding hydrogens is 246 g/mol. The van der Waals surface area contributed by atoms with Crippen LogP contribution in [0.15, 0.2) is 54.7 Å². The maximum atomic E-state index is 11.6. The zero-order chi connectivity index (χ0) is 14.1. The summed E-state index contributed by atoms with van der Waals surface area (Å²) in [4.78, 5) is 11.6. The number of hydrogen-bond acceptors (Lipinski definition) is 1. The molecule has 0 bridgehead atoms. The van der Waals surface area contributed by atoms with Crippen LogP contribution in [0, 0.1) is 0 Å². The van der Waals surface area contributed by atoms with Gasteiger partial charge in [-0.3, -0.25) is 4.79 Å². The third kappa shape index (κ3) is 2.03. The average Bonchev–Trinajstić information content (AvgIpc) is 2.91. The minimum absolute atomic E-state index is 0.110. The van der Waals surface area contributed by atoms with Gasteiger partial charge in [-0.05, 0) is 30.7 Å². The van der Waals surface area contributed by atoms with Crippen molar-refractivity contribution >= 4 is 16.6 Å². The van der Waals surface area contributed by atoms with Gasteiger partial charge in [0.05, 0.1) is 0 Å². The zero-order valence-electron chi connectivity index (χ0n) is 11.8. The van der Waals surface area contributed by atoms with Gasteiger partial charge < -0.3 is 4.57 Å². The Balaban J connectivity index is 2.28. The van der Waals surface area contributed by atoms with E-state index in [1.165, 1.54) is 16.3 Å². The molecule has 2 nitrogen and oxygen atoms in total. The number of hydrogen-bond donors (Lipinski definition) is 0. The van der Waals surface area contributed by atoms with Gasteiger partial charge in [-0.25, -0.2) is 0 Å². The van der Waals surface area contributed by atoms with Crippen molar-refractivity contribution in [1.29, 1.82) is 0 Å².